The van der Waals surface area contributed by atoms with E-state index in [1.807, 2.05) is 0 Å². The van der Waals surface area contributed by atoms with Gasteiger partial charge in [-0.2, -0.15) is 8.88 Å². The summed E-state index contributed by atoms with van der Waals surface area (Å²) in [5, 5.41) is 83.2. The average Bonchev–Trinajstić information content (AvgIpc) is 1.99. The van der Waals surface area contributed by atoms with Crippen LogP contribution in [-0.4, -0.2) is 217 Å². The molecule has 0 aromatic carbocycles. The van der Waals surface area contributed by atoms with Gasteiger partial charge in [-0.1, -0.05) is 6.08 Å². The molecule has 42 nitrogen and oxygen atoms in total. The summed E-state index contributed by atoms with van der Waals surface area (Å²) in [7, 11) is -21.8. The third-order valence-corrected chi connectivity index (χ3v) is 18.8. The largest absolute Gasteiger partial charge is 0.756 e. The van der Waals surface area contributed by atoms with Gasteiger partial charge >= 0.3 is 23.5 Å². The van der Waals surface area contributed by atoms with Crippen LogP contribution in [0.25, 0.3) is 22.3 Å². The predicted octanol–water partition coefficient (Wildman–Crippen LogP) is -6.33. The average molecular weight is 1330 g/mol. The first kappa shape index (κ1) is 66.5. The number of phosphoric ester groups is 4. The van der Waals surface area contributed by atoms with Gasteiger partial charge in [-0.25, -0.2) is 47.9 Å². The van der Waals surface area contributed by atoms with Crippen molar-refractivity contribution in [2.45, 2.75) is 105 Å². The fourth-order valence-corrected chi connectivity index (χ4v) is 13.4. The van der Waals surface area contributed by atoms with Gasteiger partial charge in [0, 0.05) is 24.0 Å². The van der Waals surface area contributed by atoms with Gasteiger partial charge in [0.05, 0.1) is 39.1 Å². The van der Waals surface area contributed by atoms with Crippen molar-refractivity contribution in [2.75, 3.05) is 37.9 Å². The fraction of sp³-hybridized carbons (Fsp3) is 0.500. The first-order valence-electron chi connectivity index (χ1n) is 25.3. The number of aromatic nitrogens is 9. The van der Waals surface area contributed by atoms with Crippen molar-refractivity contribution in [2.24, 2.45) is 11.5 Å². The summed E-state index contributed by atoms with van der Waals surface area (Å²) < 4.78 is 102. The molecule has 5 aliphatic rings. The van der Waals surface area contributed by atoms with Crippen LogP contribution in [0, 0.1) is 0 Å². The van der Waals surface area contributed by atoms with Gasteiger partial charge in [0.1, 0.15) is 96.4 Å². The molecule has 19 N–H and O–H groups in total. The highest BCUT2D eigenvalue weighted by atomic mass is 31.3. The Kier molecular flexibility index (Phi) is 20.0. The molecule has 0 aliphatic carbocycles. The van der Waals surface area contributed by atoms with Gasteiger partial charge in [-0.05, 0) is 12.5 Å². The van der Waals surface area contributed by atoms with Crippen molar-refractivity contribution >= 4 is 77.1 Å². The summed E-state index contributed by atoms with van der Waals surface area (Å²) in [6, 6.07) is 2.82. The molecule has 0 spiro atoms. The maximum Gasteiger partial charge on any atom is 0.481 e. The molecule has 46 heteroatoms. The van der Waals surface area contributed by atoms with E-state index >= 15 is 0 Å². The third-order valence-electron chi connectivity index (χ3n) is 13.6. The topological polar surface area (TPSA) is 639 Å². The van der Waals surface area contributed by atoms with Gasteiger partial charge in [0.25, 0.3) is 20.0 Å². The molecule has 0 radical (unpaired) electrons. The summed E-state index contributed by atoms with van der Waals surface area (Å²) >= 11 is 0. The van der Waals surface area contributed by atoms with Crippen LogP contribution >= 0.6 is 31.3 Å². The number of hydrogen-bond donors (Lipinski definition) is 15. The molecule has 4 unspecified atom stereocenters. The SMILES string of the molecule is NC(=O)C1=CN([C@@H]2O[C@H](COP(=O)(O)OP(=O)(O)OC[C@H]3O[C@@H](n4cnc5c(N)ncnc54)[C@H](O)[C@@H]3O)[C@@H](O)[C@H]2O)C=CC1.NC(=O)c1ccc[n+]([C@@H]2O[C@H](COP(=O)([O-])OP(=O)(O)OC[C@H]3O[C@@H](n4cnc5c(N)ncnc54)[C@H](O)[C@@H]3O)[C@@H](O)[C@H]2O)c1. The maximum atomic E-state index is 12.4. The summed E-state index contributed by atoms with van der Waals surface area (Å²) in [4.78, 5) is 90.2. The van der Waals surface area contributed by atoms with Crippen LogP contribution in [-0.2, 0) is 68.7 Å². The van der Waals surface area contributed by atoms with Gasteiger partial charge in [0.15, 0.2) is 60.1 Å². The van der Waals surface area contributed by atoms with E-state index in [0.29, 0.717) is 0 Å². The second-order valence-corrected chi connectivity index (χ2v) is 25.6. The minimum absolute atomic E-state index is 0.0446. The molecule has 0 saturated carbocycles. The lowest BCUT2D eigenvalue weighted by molar-refractivity contribution is -0.765. The first-order valence-corrected chi connectivity index (χ1v) is 31.3. The predicted molar refractivity (Wildman–Crippen MR) is 279 cm³/mol. The minimum atomic E-state index is -5.62. The van der Waals surface area contributed by atoms with Crippen LogP contribution in [0.5, 0.6) is 0 Å². The highest BCUT2D eigenvalue weighted by molar-refractivity contribution is 7.61. The van der Waals surface area contributed by atoms with E-state index in [-0.39, 0.29) is 51.5 Å². The molecule has 5 aromatic rings. The van der Waals surface area contributed by atoms with Gasteiger partial charge in [-0.3, -0.25) is 36.9 Å². The Morgan fingerprint density at radius 1 is 0.602 bits per heavy atom. The Balaban J connectivity index is 0.000000209. The van der Waals surface area contributed by atoms with Crippen LogP contribution in [0.3, 0.4) is 0 Å². The first-order chi connectivity index (χ1) is 41.3. The van der Waals surface area contributed by atoms with Crippen LogP contribution < -0.4 is 32.4 Å². The van der Waals surface area contributed by atoms with Crippen LogP contribution in [0.1, 0.15) is 35.5 Å². The number of nitrogens with zero attached hydrogens (tertiary/aromatic N) is 10. The van der Waals surface area contributed by atoms with Gasteiger partial charge in [0.2, 0.25) is 5.91 Å². The number of pyridine rings is 1. The van der Waals surface area contributed by atoms with E-state index in [4.69, 9.17) is 50.9 Å². The maximum absolute atomic E-state index is 12.4. The standard InChI is InChI=1S/C21H29N7O14P2.C21H27N7O14P2/c2*22-17-12-19(25-7-24-17)28(8-26-12)21-16(32)14(30)11(41-21)6-39-44(36,37)42-43(34,35)38-5-10-13(29)15(31)20(40-10)27-3-1-2-9(4-27)18(23)33/h1,3-4,7-8,10-11,13-16,20-21,29-32H,2,5-6H2,(H2,23,33)(H,34,35)(H,36,37)(H2,22,24,25);1-4,7-8,10-11,13-16,20-21,29-32H,5-6H2,(H5-,22,23,24,25,33,34,35,36,37)/t2*10-,11-,13-,14-,15-,16-,20-,21-/m11/s1. The Morgan fingerprint density at radius 3 is 1.53 bits per heavy atom. The number of amides is 2. The number of rotatable bonds is 22. The lowest BCUT2D eigenvalue weighted by atomic mass is 10.1. The molecule has 10 rings (SSSR count). The molecule has 5 aromatic heterocycles. The number of imidazole rings is 2. The molecular formula is C42H56N14O28P4. The Morgan fingerprint density at radius 2 is 1.05 bits per heavy atom. The number of carbonyl (C=O) groups excluding carboxylic acids is 2. The van der Waals surface area contributed by atoms with E-state index in [0.717, 1.165) is 12.7 Å². The monoisotopic (exact) mass is 1330 g/mol. The van der Waals surface area contributed by atoms with E-state index < -0.39 is 168 Å². The fourth-order valence-electron chi connectivity index (χ4n) is 9.25. The number of nitrogens with two attached hydrogens (primary N) is 4. The van der Waals surface area contributed by atoms with E-state index in [2.05, 4.69) is 47.6 Å². The number of phosphoric acid groups is 4. The quantitative estimate of drug-likeness (QED) is 0.0226. The molecular weight excluding hydrogens is 1270 g/mol. The zero-order valence-corrected chi connectivity index (χ0v) is 48.1. The number of primary amides is 2. The van der Waals surface area contributed by atoms with Gasteiger partial charge < -0.3 is 112 Å². The third kappa shape index (κ3) is 14.8. The highest BCUT2D eigenvalue weighted by Gasteiger charge is 2.51. The zero-order valence-electron chi connectivity index (χ0n) is 44.6. The van der Waals surface area contributed by atoms with E-state index in [9.17, 15) is 88.3 Å². The number of aliphatic hydroxyl groups is 8. The normalized spacial score (nSPS) is 32.5. The Bertz CT molecular complexity index is 3650. The lowest BCUT2D eigenvalue weighted by Crippen LogP contribution is -2.46. The Labute approximate surface area is 491 Å². The molecule has 10 heterocycles. The number of nitrogen functional groups attached to an aromatic ring is 2. The molecule has 482 valence electrons. The van der Waals surface area contributed by atoms with E-state index in [1.165, 1.54) is 68.2 Å². The molecule has 0 bridgehead atoms. The highest BCUT2D eigenvalue weighted by Crippen LogP contribution is 2.61. The molecule has 4 saturated heterocycles. The molecule has 4 fully saturated rings. The minimum Gasteiger partial charge on any atom is -0.756 e. The number of hydrogen-bond acceptors (Lipinski definition) is 34. The van der Waals surface area contributed by atoms with Crippen LogP contribution in [0.4, 0.5) is 11.6 Å². The number of fused-ring (bicyclic) bond motifs is 2. The van der Waals surface area contributed by atoms with Crippen molar-refractivity contribution in [1.82, 2.24) is 43.9 Å². The van der Waals surface area contributed by atoms with Crippen molar-refractivity contribution in [3.63, 3.8) is 0 Å². The summed E-state index contributed by atoms with van der Waals surface area (Å²) in [6.07, 6.45) is -11.9. The lowest BCUT2D eigenvalue weighted by Gasteiger charge is -2.28. The summed E-state index contributed by atoms with van der Waals surface area (Å²) in [5.41, 5.74) is 23.0. The van der Waals surface area contributed by atoms with Crippen molar-refractivity contribution in [3.05, 3.63) is 79.4 Å². The summed E-state index contributed by atoms with van der Waals surface area (Å²) in [5.74, 6) is -1.39. The number of aliphatic hydroxyl groups excluding tert-OH is 8. The molecule has 88 heavy (non-hydrogen) atoms. The number of carbonyl (C=O) groups is 2. The molecule has 5 aliphatic heterocycles. The van der Waals surface area contributed by atoms with Crippen LogP contribution in [0.15, 0.2) is 73.9 Å². The zero-order chi connectivity index (χ0) is 63.9. The summed E-state index contributed by atoms with van der Waals surface area (Å²) in [6.45, 7) is -3.67. The molecule has 20 atom stereocenters. The number of ether oxygens (including phenoxy) is 4. The second-order valence-electron chi connectivity index (χ2n) is 19.5. The Hall–Kier alpha value is -5.89. The smallest absolute Gasteiger partial charge is 0.481 e. The second kappa shape index (κ2) is 26.5. The van der Waals surface area contributed by atoms with Crippen molar-refractivity contribution < 1.29 is 139 Å². The van der Waals surface area contributed by atoms with Crippen molar-refractivity contribution in [1.29, 1.82) is 0 Å². The number of allylic oxidation sites excluding steroid dienone is 1. The van der Waals surface area contributed by atoms with E-state index in [1.54, 1.807) is 6.08 Å². The molecule has 2 amide bonds. The van der Waals surface area contributed by atoms with Crippen LogP contribution in [0.2, 0.25) is 0 Å². The number of anilines is 2. The van der Waals surface area contributed by atoms with Crippen molar-refractivity contribution in [3.8, 4) is 0 Å². The van der Waals surface area contributed by atoms with Gasteiger partial charge in [-0.15, -0.1) is 0 Å².